The lowest BCUT2D eigenvalue weighted by atomic mass is 10.1. The van der Waals surface area contributed by atoms with Gasteiger partial charge < -0.3 is 5.32 Å². The Labute approximate surface area is 109 Å². The molecule has 0 aliphatic carbocycles. The summed E-state index contributed by atoms with van der Waals surface area (Å²) in [5.41, 5.74) is 1.80. The van der Waals surface area contributed by atoms with E-state index in [0.717, 1.165) is 5.56 Å². The maximum Gasteiger partial charge on any atom is 0.255 e. The highest BCUT2D eigenvalue weighted by molar-refractivity contribution is 6.30. The predicted molar refractivity (Wildman–Crippen MR) is 70.5 cm³/mol. The zero-order chi connectivity index (χ0) is 13.1. The van der Waals surface area contributed by atoms with Crippen molar-refractivity contribution in [3.63, 3.8) is 0 Å². The second-order valence-electron chi connectivity index (χ2n) is 3.92. The third kappa shape index (κ3) is 2.87. The van der Waals surface area contributed by atoms with Crippen LogP contribution in [0.3, 0.4) is 0 Å². The first-order chi connectivity index (χ1) is 8.56. The zero-order valence-electron chi connectivity index (χ0n) is 9.71. The Morgan fingerprint density at radius 3 is 2.67 bits per heavy atom. The number of aryl methyl sites for hydroxylation is 1. The van der Waals surface area contributed by atoms with Crippen molar-refractivity contribution in [2.24, 2.45) is 0 Å². The summed E-state index contributed by atoms with van der Waals surface area (Å²) in [6, 6.07) is 10.7. The van der Waals surface area contributed by atoms with Crippen molar-refractivity contribution in [1.82, 2.24) is 0 Å². The van der Waals surface area contributed by atoms with E-state index in [9.17, 15) is 9.18 Å². The van der Waals surface area contributed by atoms with Gasteiger partial charge in [-0.15, -0.1) is 0 Å². The van der Waals surface area contributed by atoms with E-state index in [-0.39, 0.29) is 11.5 Å². The number of nitrogens with one attached hydrogen (secondary N) is 1. The molecule has 92 valence electrons. The summed E-state index contributed by atoms with van der Waals surface area (Å²) in [7, 11) is 0. The number of carbonyl (C=O) groups is 1. The molecule has 1 N–H and O–H groups in total. The molecule has 0 unspecified atom stereocenters. The van der Waals surface area contributed by atoms with Crippen molar-refractivity contribution in [2.45, 2.75) is 6.92 Å². The van der Waals surface area contributed by atoms with Crippen LogP contribution in [0.4, 0.5) is 10.1 Å². The smallest absolute Gasteiger partial charge is 0.255 e. The molecule has 4 heteroatoms. The molecule has 0 saturated heterocycles. The van der Waals surface area contributed by atoms with Crippen LogP contribution in [-0.2, 0) is 0 Å². The molecule has 2 aromatic carbocycles. The molecule has 0 heterocycles. The van der Waals surface area contributed by atoms with Crippen LogP contribution in [-0.4, -0.2) is 5.91 Å². The highest BCUT2D eigenvalue weighted by Gasteiger charge is 2.08. The van der Waals surface area contributed by atoms with Gasteiger partial charge in [-0.1, -0.05) is 17.7 Å². The first kappa shape index (κ1) is 12.6. The average molecular weight is 264 g/mol. The topological polar surface area (TPSA) is 29.1 Å². The van der Waals surface area contributed by atoms with E-state index in [1.165, 1.54) is 18.2 Å². The first-order valence-electron chi connectivity index (χ1n) is 5.39. The molecule has 0 saturated carbocycles. The molecule has 18 heavy (non-hydrogen) atoms. The van der Waals surface area contributed by atoms with Crippen molar-refractivity contribution in [3.05, 3.63) is 64.4 Å². The molecular weight excluding hydrogens is 253 g/mol. The monoisotopic (exact) mass is 263 g/mol. The van der Waals surface area contributed by atoms with Crippen molar-refractivity contribution in [1.29, 1.82) is 0 Å². The van der Waals surface area contributed by atoms with Gasteiger partial charge in [-0.2, -0.15) is 0 Å². The van der Waals surface area contributed by atoms with Crippen molar-refractivity contribution < 1.29 is 9.18 Å². The summed E-state index contributed by atoms with van der Waals surface area (Å²) in [6.07, 6.45) is 0. The fourth-order valence-corrected chi connectivity index (χ4v) is 1.82. The van der Waals surface area contributed by atoms with E-state index in [4.69, 9.17) is 11.6 Å². The number of halogens is 2. The Morgan fingerprint density at radius 2 is 2.00 bits per heavy atom. The molecule has 0 bridgehead atoms. The molecule has 1 amide bonds. The summed E-state index contributed by atoms with van der Waals surface area (Å²) >= 11 is 5.83. The van der Waals surface area contributed by atoms with Gasteiger partial charge in [0, 0.05) is 16.3 Å². The Morgan fingerprint density at radius 1 is 1.22 bits per heavy atom. The van der Waals surface area contributed by atoms with Gasteiger partial charge in [-0.05, 0) is 48.9 Å². The average Bonchev–Trinajstić information content (AvgIpc) is 2.32. The largest absolute Gasteiger partial charge is 0.322 e. The molecule has 0 aromatic heterocycles. The van der Waals surface area contributed by atoms with Crippen LogP contribution in [0.5, 0.6) is 0 Å². The summed E-state index contributed by atoms with van der Waals surface area (Å²) in [5.74, 6) is -0.782. The lowest BCUT2D eigenvalue weighted by Crippen LogP contribution is -2.12. The van der Waals surface area contributed by atoms with Gasteiger partial charge in [0.25, 0.3) is 5.91 Å². The Balaban J connectivity index is 2.21. The van der Waals surface area contributed by atoms with E-state index in [1.54, 1.807) is 24.3 Å². The molecule has 0 aliphatic heterocycles. The fourth-order valence-electron chi connectivity index (χ4n) is 1.59. The van der Waals surface area contributed by atoms with Crippen LogP contribution in [0.15, 0.2) is 42.5 Å². The molecular formula is C14H11ClFNO. The minimum absolute atomic E-state index is 0.282. The minimum atomic E-state index is -0.435. The van der Waals surface area contributed by atoms with Crippen LogP contribution >= 0.6 is 11.6 Å². The van der Waals surface area contributed by atoms with Gasteiger partial charge in [0.05, 0.1) is 0 Å². The Hall–Kier alpha value is -1.87. The minimum Gasteiger partial charge on any atom is -0.322 e. The highest BCUT2D eigenvalue weighted by Crippen LogP contribution is 2.20. The molecule has 0 fully saturated rings. The highest BCUT2D eigenvalue weighted by atomic mass is 35.5. The third-order valence-electron chi connectivity index (χ3n) is 2.52. The third-order valence-corrected chi connectivity index (χ3v) is 2.76. The van der Waals surface area contributed by atoms with E-state index < -0.39 is 5.82 Å². The van der Waals surface area contributed by atoms with Gasteiger partial charge in [-0.3, -0.25) is 4.79 Å². The molecule has 0 radical (unpaired) electrons. The lowest BCUT2D eigenvalue weighted by molar-refractivity contribution is 0.102. The van der Waals surface area contributed by atoms with Gasteiger partial charge in [-0.25, -0.2) is 4.39 Å². The van der Waals surface area contributed by atoms with E-state index in [2.05, 4.69) is 5.32 Å². The van der Waals surface area contributed by atoms with Crippen LogP contribution < -0.4 is 5.32 Å². The Kier molecular flexibility index (Phi) is 3.63. The summed E-state index contributed by atoms with van der Waals surface area (Å²) < 4.78 is 13.0. The quantitative estimate of drug-likeness (QED) is 0.870. The number of amides is 1. The van der Waals surface area contributed by atoms with Crippen molar-refractivity contribution in [2.75, 3.05) is 5.32 Å². The number of rotatable bonds is 2. The molecule has 0 spiro atoms. The second kappa shape index (κ2) is 5.19. The van der Waals surface area contributed by atoms with Crippen LogP contribution in [0.1, 0.15) is 15.9 Å². The second-order valence-corrected chi connectivity index (χ2v) is 4.36. The summed E-state index contributed by atoms with van der Waals surface area (Å²) in [4.78, 5) is 11.9. The number of anilines is 1. The first-order valence-corrected chi connectivity index (χ1v) is 5.77. The van der Waals surface area contributed by atoms with Crippen LogP contribution in [0, 0.1) is 12.7 Å². The standard InChI is InChI=1S/C14H11ClFNO/c1-9-7-11(15)5-6-13(9)17-14(18)10-3-2-4-12(16)8-10/h2-8H,1H3,(H,17,18). The number of benzene rings is 2. The van der Waals surface area contributed by atoms with Gasteiger partial charge in [0.1, 0.15) is 5.82 Å². The molecule has 2 nitrogen and oxygen atoms in total. The van der Waals surface area contributed by atoms with E-state index in [0.29, 0.717) is 10.7 Å². The summed E-state index contributed by atoms with van der Waals surface area (Å²) in [6.45, 7) is 1.84. The van der Waals surface area contributed by atoms with Crippen LogP contribution in [0.2, 0.25) is 5.02 Å². The SMILES string of the molecule is Cc1cc(Cl)ccc1NC(=O)c1cccc(F)c1. The van der Waals surface area contributed by atoms with Gasteiger partial charge in [0.15, 0.2) is 0 Å². The van der Waals surface area contributed by atoms with E-state index in [1.807, 2.05) is 6.92 Å². The van der Waals surface area contributed by atoms with E-state index >= 15 is 0 Å². The lowest BCUT2D eigenvalue weighted by Gasteiger charge is -2.08. The number of carbonyl (C=O) groups excluding carboxylic acids is 1. The Bertz CT molecular complexity index is 598. The number of hydrogen-bond acceptors (Lipinski definition) is 1. The normalized spacial score (nSPS) is 10.2. The fraction of sp³-hybridized carbons (Fsp3) is 0.0714. The maximum absolute atomic E-state index is 13.0. The summed E-state index contributed by atoms with van der Waals surface area (Å²) in [5, 5.41) is 3.32. The predicted octanol–water partition coefficient (Wildman–Crippen LogP) is 4.04. The molecule has 0 aliphatic rings. The molecule has 0 atom stereocenters. The van der Waals surface area contributed by atoms with Gasteiger partial charge >= 0.3 is 0 Å². The maximum atomic E-state index is 13.0. The van der Waals surface area contributed by atoms with Crippen LogP contribution in [0.25, 0.3) is 0 Å². The van der Waals surface area contributed by atoms with Gasteiger partial charge in [0.2, 0.25) is 0 Å². The van der Waals surface area contributed by atoms with Crippen molar-refractivity contribution >= 4 is 23.2 Å². The number of hydrogen-bond donors (Lipinski definition) is 1. The molecule has 2 aromatic rings. The zero-order valence-corrected chi connectivity index (χ0v) is 10.5. The van der Waals surface area contributed by atoms with Crippen molar-refractivity contribution in [3.8, 4) is 0 Å². The molecule has 2 rings (SSSR count).